The molecule has 2 aliphatic rings. The summed E-state index contributed by atoms with van der Waals surface area (Å²) in [4.78, 5) is 35.7. The largest absolute Gasteiger partial charge is 0.468 e. The number of carbonyl (C=O) groups is 1. The Morgan fingerprint density at radius 1 is 1.03 bits per heavy atom. The molecule has 0 aliphatic carbocycles. The number of amides is 1. The molecule has 166 valence electrons. The first kappa shape index (κ1) is 19.9. The van der Waals surface area contributed by atoms with Crippen LogP contribution in [0.25, 0.3) is 11.0 Å². The lowest BCUT2D eigenvalue weighted by atomic mass is 9.99. The van der Waals surface area contributed by atoms with Gasteiger partial charge in [-0.1, -0.05) is 18.2 Å². The van der Waals surface area contributed by atoms with Gasteiger partial charge in [-0.15, -0.1) is 0 Å². The molecular formula is C26H23N3O4. The van der Waals surface area contributed by atoms with E-state index in [1.54, 1.807) is 47.8 Å². The summed E-state index contributed by atoms with van der Waals surface area (Å²) in [6, 6.07) is 13.9. The van der Waals surface area contributed by atoms with Gasteiger partial charge in [-0.05, 0) is 61.8 Å². The molecule has 0 N–H and O–H groups in total. The average Bonchev–Trinajstić information content (AvgIpc) is 3.61. The summed E-state index contributed by atoms with van der Waals surface area (Å²) in [7, 11) is 0. The van der Waals surface area contributed by atoms with Gasteiger partial charge in [-0.2, -0.15) is 0 Å². The van der Waals surface area contributed by atoms with Crippen molar-refractivity contribution < 1.29 is 13.6 Å². The summed E-state index contributed by atoms with van der Waals surface area (Å²) in [5.74, 6) is 0.652. The molecule has 0 unspecified atom stereocenters. The molecule has 2 aliphatic heterocycles. The molecule has 1 saturated heterocycles. The maximum Gasteiger partial charge on any atom is 0.290 e. The second kappa shape index (κ2) is 8.01. The number of likely N-dealkylation sites (tertiary alicyclic amines) is 1. The number of furan rings is 1. The zero-order valence-electron chi connectivity index (χ0n) is 18.0. The lowest BCUT2D eigenvalue weighted by molar-refractivity contribution is 0.0643. The summed E-state index contributed by atoms with van der Waals surface area (Å²) in [6.07, 6.45) is 7.29. The van der Waals surface area contributed by atoms with E-state index < -0.39 is 6.04 Å². The van der Waals surface area contributed by atoms with E-state index in [9.17, 15) is 9.59 Å². The molecule has 1 amide bonds. The zero-order chi connectivity index (χ0) is 22.4. The van der Waals surface area contributed by atoms with Crippen LogP contribution in [0, 0.1) is 0 Å². The first-order chi connectivity index (χ1) is 16.2. The highest BCUT2D eigenvalue weighted by Crippen LogP contribution is 2.40. The van der Waals surface area contributed by atoms with Gasteiger partial charge in [-0.25, -0.2) is 0 Å². The van der Waals surface area contributed by atoms with Crippen LogP contribution in [-0.4, -0.2) is 40.3 Å². The number of fused-ring (bicyclic) bond motifs is 2. The van der Waals surface area contributed by atoms with Crippen molar-refractivity contribution in [3.8, 4) is 0 Å². The van der Waals surface area contributed by atoms with E-state index in [2.05, 4.69) is 9.88 Å². The van der Waals surface area contributed by atoms with Crippen molar-refractivity contribution in [1.29, 1.82) is 0 Å². The Hall–Kier alpha value is -3.71. The minimum absolute atomic E-state index is 0.107. The van der Waals surface area contributed by atoms with Crippen molar-refractivity contribution in [3.05, 3.63) is 100 Å². The molecule has 1 aromatic carbocycles. The van der Waals surface area contributed by atoms with E-state index in [1.807, 2.05) is 24.3 Å². The second-order valence-electron chi connectivity index (χ2n) is 8.59. The highest BCUT2D eigenvalue weighted by Gasteiger charge is 2.44. The summed E-state index contributed by atoms with van der Waals surface area (Å²) >= 11 is 0. The summed E-state index contributed by atoms with van der Waals surface area (Å²) in [6.45, 7) is 2.27. The number of nitrogens with zero attached hydrogens (tertiary/aromatic N) is 3. The van der Waals surface area contributed by atoms with Crippen LogP contribution in [0.4, 0.5) is 0 Å². The summed E-state index contributed by atoms with van der Waals surface area (Å²) in [5, 5.41) is 0.474. The van der Waals surface area contributed by atoms with E-state index in [0.717, 1.165) is 37.3 Å². The molecule has 1 fully saturated rings. The maximum absolute atomic E-state index is 13.7. The number of benzene rings is 1. The molecule has 7 nitrogen and oxygen atoms in total. The zero-order valence-corrected chi connectivity index (χ0v) is 18.0. The molecular weight excluding hydrogens is 418 g/mol. The van der Waals surface area contributed by atoms with Crippen molar-refractivity contribution in [2.24, 2.45) is 0 Å². The standard InChI is InChI=1S/C26H23N3O4/c30-24-18-8-1-2-9-20(18)33-25-22(24)23(17-7-5-11-27-15-17)29(26(25)31)16-19(21-10-6-14-32-21)28-12-3-4-13-28/h1-2,5-11,14-15,19,23H,3-4,12-13,16H2/t19-,23-/m1/s1. The van der Waals surface area contributed by atoms with Gasteiger partial charge in [0.2, 0.25) is 5.76 Å². The normalized spacial score (nSPS) is 19.3. The van der Waals surface area contributed by atoms with Crippen molar-refractivity contribution in [2.45, 2.75) is 24.9 Å². The third kappa shape index (κ3) is 3.27. The van der Waals surface area contributed by atoms with Crippen LogP contribution in [-0.2, 0) is 0 Å². The van der Waals surface area contributed by atoms with Crippen LogP contribution < -0.4 is 5.43 Å². The van der Waals surface area contributed by atoms with Gasteiger partial charge in [0.25, 0.3) is 5.91 Å². The fraction of sp³-hybridized carbons (Fsp3) is 0.269. The van der Waals surface area contributed by atoms with Gasteiger partial charge in [0, 0.05) is 18.9 Å². The predicted molar refractivity (Wildman–Crippen MR) is 122 cm³/mol. The fourth-order valence-corrected chi connectivity index (χ4v) is 5.15. The Morgan fingerprint density at radius 3 is 2.64 bits per heavy atom. The average molecular weight is 441 g/mol. The quantitative estimate of drug-likeness (QED) is 0.463. The molecule has 0 radical (unpaired) electrons. The van der Waals surface area contributed by atoms with Crippen molar-refractivity contribution >= 4 is 16.9 Å². The molecule has 4 aromatic rings. The van der Waals surface area contributed by atoms with Gasteiger partial charge in [0.15, 0.2) is 5.43 Å². The molecule has 7 heteroatoms. The maximum atomic E-state index is 13.7. The molecule has 0 saturated carbocycles. The number of aromatic nitrogens is 1. The Bertz CT molecular complexity index is 1360. The molecule has 5 heterocycles. The SMILES string of the molecule is O=C1c2oc3ccccc3c(=O)c2[C@@H](c2cccnc2)N1C[C@H](c1ccco1)N1CCCC1. The third-order valence-corrected chi connectivity index (χ3v) is 6.70. The van der Waals surface area contributed by atoms with Crippen molar-refractivity contribution in [2.75, 3.05) is 19.6 Å². The topological polar surface area (TPSA) is 79.8 Å². The van der Waals surface area contributed by atoms with Gasteiger partial charge in [-0.3, -0.25) is 19.5 Å². The number of rotatable bonds is 5. The summed E-state index contributed by atoms with van der Waals surface area (Å²) in [5.41, 5.74) is 1.41. The number of hydrogen-bond donors (Lipinski definition) is 0. The Labute approximate surface area is 190 Å². The molecule has 3 aromatic heterocycles. The molecule has 6 rings (SSSR count). The van der Waals surface area contributed by atoms with Crippen LogP contribution in [0.3, 0.4) is 0 Å². The van der Waals surface area contributed by atoms with E-state index in [4.69, 9.17) is 8.83 Å². The van der Waals surface area contributed by atoms with Crippen LogP contribution in [0.2, 0.25) is 0 Å². The molecule has 0 bridgehead atoms. The number of hydrogen-bond acceptors (Lipinski definition) is 6. The van der Waals surface area contributed by atoms with E-state index in [0.29, 0.717) is 23.1 Å². The van der Waals surface area contributed by atoms with Crippen molar-refractivity contribution in [3.63, 3.8) is 0 Å². The minimum Gasteiger partial charge on any atom is -0.468 e. The van der Waals surface area contributed by atoms with Gasteiger partial charge >= 0.3 is 0 Å². The van der Waals surface area contributed by atoms with E-state index in [1.165, 1.54) is 0 Å². The first-order valence-electron chi connectivity index (χ1n) is 11.3. The van der Waals surface area contributed by atoms with Gasteiger partial charge in [0.05, 0.1) is 29.3 Å². The predicted octanol–water partition coefficient (Wildman–Crippen LogP) is 4.16. The van der Waals surface area contributed by atoms with Crippen molar-refractivity contribution in [1.82, 2.24) is 14.8 Å². The van der Waals surface area contributed by atoms with E-state index in [-0.39, 0.29) is 23.1 Å². The first-order valence-corrected chi connectivity index (χ1v) is 11.3. The smallest absolute Gasteiger partial charge is 0.290 e. The lowest BCUT2D eigenvalue weighted by Gasteiger charge is -2.33. The van der Waals surface area contributed by atoms with E-state index >= 15 is 0 Å². The third-order valence-electron chi connectivity index (χ3n) is 6.70. The lowest BCUT2D eigenvalue weighted by Crippen LogP contribution is -2.39. The second-order valence-corrected chi connectivity index (χ2v) is 8.59. The Morgan fingerprint density at radius 2 is 1.88 bits per heavy atom. The molecule has 0 spiro atoms. The van der Waals surface area contributed by atoms with Gasteiger partial charge < -0.3 is 13.7 Å². The van der Waals surface area contributed by atoms with Gasteiger partial charge in [0.1, 0.15) is 11.3 Å². The number of pyridine rings is 1. The number of para-hydroxylation sites is 1. The van der Waals surface area contributed by atoms with Crippen LogP contribution in [0.15, 0.2) is 80.8 Å². The van der Waals surface area contributed by atoms with Crippen LogP contribution in [0.5, 0.6) is 0 Å². The highest BCUT2D eigenvalue weighted by atomic mass is 16.3. The molecule has 2 atom stereocenters. The minimum atomic E-state index is -0.567. The Balaban J connectivity index is 1.50. The fourth-order valence-electron chi connectivity index (χ4n) is 5.15. The number of carbonyl (C=O) groups excluding carboxylic acids is 1. The summed E-state index contributed by atoms with van der Waals surface area (Å²) < 4.78 is 11.8. The molecule has 33 heavy (non-hydrogen) atoms. The highest BCUT2D eigenvalue weighted by molar-refractivity contribution is 5.99. The van der Waals surface area contributed by atoms with Crippen LogP contribution >= 0.6 is 0 Å². The monoisotopic (exact) mass is 441 g/mol. The van der Waals surface area contributed by atoms with Crippen LogP contribution in [0.1, 0.15) is 52.4 Å². The Kier molecular flexibility index (Phi) is 4.84.